The number of nitrogens with zero attached hydrogens (tertiary/aromatic N) is 1. The number of carbonyl (C=O) groups excluding carboxylic acids is 1. The van der Waals surface area contributed by atoms with Crippen LogP contribution in [0.4, 0.5) is 0 Å². The summed E-state index contributed by atoms with van der Waals surface area (Å²) in [6.07, 6.45) is 1.88. The van der Waals surface area contributed by atoms with Crippen molar-refractivity contribution in [3.63, 3.8) is 0 Å². The van der Waals surface area contributed by atoms with E-state index in [2.05, 4.69) is 66.0 Å². The molecule has 1 amide bonds. The summed E-state index contributed by atoms with van der Waals surface area (Å²) in [5.41, 5.74) is 5.70. The molecule has 0 aliphatic carbocycles. The first kappa shape index (κ1) is 22.2. The van der Waals surface area contributed by atoms with Crippen molar-refractivity contribution < 1.29 is 14.3 Å². The Kier molecular flexibility index (Phi) is 7.86. The van der Waals surface area contributed by atoms with E-state index in [1.165, 1.54) is 5.56 Å². The predicted molar refractivity (Wildman–Crippen MR) is 121 cm³/mol. The summed E-state index contributed by atoms with van der Waals surface area (Å²) < 4.78 is 11.9. The minimum Gasteiger partial charge on any atom is -0.493 e. The number of carbonyl (C=O) groups is 1. The maximum absolute atomic E-state index is 12.1. The van der Waals surface area contributed by atoms with E-state index in [0.29, 0.717) is 18.1 Å². The molecule has 0 fully saturated rings. The van der Waals surface area contributed by atoms with Crippen molar-refractivity contribution in [2.24, 2.45) is 5.10 Å². The van der Waals surface area contributed by atoms with Gasteiger partial charge in [0.25, 0.3) is 0 Å². The Balaban J connectivity index is 1.99. The van der Waals surface area contributed by atoms with Gasteiger partial charge in [-0.05, 0) is 63.8 Å². The number of benzene rings is 2. The van der Waals surface area contributed by atoms with Crippen molar-refractivity contribution in [1.29, 1.82) is 0 Å². The van der Waals surface area contributed by atoms with Gasteiger partial charge in [0.2, 0.25) is 5.91 Å². The number of amides is 1. The molecule has 2 aromatic carbocycles. The largest absolute Gasteiger partial charge is 0.493 e. The number of ether oxygens (including phenoxy) is 2. The lowest BCUT2D eigenvalue weighted by Crippen LogP contribution is -2.20. The number of halogens is 1. The van der Waals surface area contributed by atoms with Crippen LogP contribution in [0.1, 0.15) is 44.4 Å². The van der Waals surface area contributed by atoms with Crippen LogP contribution < -0.4 is 14.9 Å². The van der Waals surface area contributed by atoms with E-state index in [1.807, 2.05) is 31.2 Å². The lowest BCUT2D eigenvalue weighted by atomic mass is 9.86. The summed E-state index contributed by atoms with van der Waals surface area (Å²) in [6, 6.07) is 11.9. The summed E-state index contributed by atoms with van der Waals surface area (Å²) in [7, 11) is 1.60. The average molecular weight is 494 g/mol. The first-order valence-corrected chi connectivity index (χ1v) is 10.2. The van der Waals surface area contributed by atoms with Gasteiger partial charge in [-0.25, -0.2) is 5.43 Å². The first-order chi connectivity index (χ1) is 13.2. The molecular weight excluding hydrogens is 467 g/mol. The van der Waals surface area contributed by atoms with Crippen molar-refractivity contribution in [1.82, 2.24) is 5.43 Å². The Bertz CT molecular complexity index is 840. The molecule has 0 heterocycles. The van der Waals surface area contributed by atoms with Crippen molar-refractivity contribution in [3.8, 4) is 11.5 Å². The van der Waals surface area contributed by atoms with Crippen LogP contribution in [0.2, 0.25) is 0 Å². The van der Waals surface area contributed by atoms with Gasteiger partial charge in [0.05, 0.1) is 29.9 Å². The van der Waals surface area contributed by atoms with Gasteiger partial charge in [-0.15, -0.1) is 0 Å². The highest BCUT2D eigenvalue weighted by molar-refractivity contribution is 14.1. The molecule has 0 unspecified atom stereocenters. The summed E-state index contributed by atoms with van der Waals surface area (Å²) in [4.78, 5) is 12.1. The van der Waals surface area contributed by atoms with Crippen LogP contribution in [0.15, 0.2) is 41.5 Å². The fraction of sp³-hybridized carbons (Fsp3) is 0.364. The third-order valence-corrected chi connectivity index (χ3v) is 4.93. The van der Waals surface area contributed by atoms with E-state index in [-0.39, 0.29) is 17.7 Å². The van der Waals surface area contributed by atoms with Crippen molar-refractivity contribution in [2.75, 3.05) is 13.7 Å². The number of hydrogen-bond donors (Lipinski definition) is 1. The highest BCUT2D eigenvalue weighted by Crippen LogP contribution is 2.33. The van der Waals surface area contributed by atoms with E-state index in [4.69, 9.17) is 9.47 Å². The van der Waals surface area contributed by atoms with Crippen LogP contribution in [0.3, 0.4) is 0 Å². The zero-order chi connectivity index (χ0) is 20.7. The third-order valence-electron chi connectivity index (χ3n) is 4.13. The lowest BCUT2D eigenvalue weighted by Gasteiger charge is -2.19. The maximum Gasteiger partial charge on any atom is 0.244 e. The summed E-state index contributed by atoms with van der Waals surface area (Å²) in [6.45, 7) is 8.99. The molecule has 0 spiro atoms. The monoisotopic (exact) mass is 494 g/mol. The molecule has 0 bridgehead atoms. The minimum atomic E-state index is -0.160. The van der Waals surface area contributed by atoms with Crippen molar-refractivity contribution in [3.05, 3.63) is 56.7 Å². The van der Waals surface area contributed by atoms with Gasteiger partial charge in [-0.2, -0.15) is 5.10 Å². The molecule has 0 aromatic heterocycles. The quantitative estimate of drug-likeness (QED) is 0.345. The second-order valence-corrected chi connectivity index (χ2v) is 8.55. The number of hydrogen-bond acceptors (Lipinski definition) is 4. The molecule has 150 valence electrons. The third kappa shape index (κ3) is 6.22. The van der Waals surface area contributed by atoms with Crippen LogP contribution in [0.25, 0.3) is 0 Å². The minimum absolute atomic E-state index is 0.0986. The molecule has 2 rings (SSSR count). The topological polar surface area (TPSA) is 59.9 Å². The zero-order valence-corrected chi connectivity index (χ0v) is 19.2. The average Bonchev–Trinajstić information content (AvgIpc) is 2.63. The number of methoxy groups -OCH3 is 1. The fourth-order valence-corrected chi connectivity index (χ4v) is 3.41. The molecule has 0 saturated carbocycles. The Labute approximate surface area is 180 Å². The zero-order valence-electron chi connectivity index (χ0n) is 17.0. The number of nitrogens with one attached hydrogen (secondary N) is 1. The smallest absolute Gasteiger partial charge is 0.244 e. The highest BCUT2D eigenvalue weighted by atomic mass is 127. The van der Waals surface area contributed by atoms with Crippen LogP contribution in [-0.2, 0) is 16.6 Å². The molecule has 0 radical (unpaired) electrons. The maximum atomic E-state index is 12.1. The number of hydrazone groups is 1. The van der Waals surface area contributed by atoms with Crippen LogP contribution in [-0.4, -0.2) is 25.8 Å². The molecule has 2 aromatic rings. The van der Waals surface area contributed by atoms with Gasteiger partial charge in [-0.3, -0.25) is 4.79 Å². The molecule has 0 atom stereocenters. The van der Waals surface area contributed by atoms with Gasteiger partial charge in [0, 0.05) is 0 Å². The Hall–Kier alpha value is -2.09. The van der Waals surface area contributed by atoms with Gasteiger partial charge in [-0.1, -0.05) is 45.0 Å². The SMILES string of the molecule is CCOc1c(I)cc(/C=N\NC(=O)Cc2ccc(C(C)(C)C)cc2)cc1OC. The fourth-order valence-electron chi connectivity index (χ4n) is 2.63. The van der Waals surface area contributed by atoms with Crippen LogP contribution in [0, 0.1) is 3.57 Å². The summed E-state index contributed by atoms with van der Waals surface area (Å²) >= 11 is 2.19. The Morgan fingerprint density at radius 3 is 2.46 bits per heavy atom. The van der Waals surface area contributed by atoms with Gasteiger partial charge >= 0.3 is 0 Å². The normalized spacial score (nSPS) is 11.5. The summed E-state index contributed by atoms with van der Waals surface area (Å²) in [5, 5.41) is 4.06. The van der Waals surface area contributed by atoms with E-state index in [0.717, 1.165) is 14.7 Å². The molecule has 0 saturated heterocycles. The van der Waals surface area contributed by atoms with Gasteiger partial charge in [0.1, 0.15) is 0 Å². The van der Waals surface area contributed by atoms with Gasteiger partial charge in [0.15, 0.2) is 11.5 Å². The summed E-state index contributed by atoms with van der Waals surface area (Å²) in [5.74, 6) is 1.19. The number of rotatable bonds is 7. The molecule has 0 aliphatic heterocycles. The van der Waals surface area contributed by atoms with Crippen LogP contribution in [0.5, 0.6) is 11.5 Å². The second-order valence-electron chi connectivity index (χ2n) is 7.38. The molecule has 1 N–H and O–H groups in total. The molecule has 5 nitrogen and oxygen atoms in total. The Morgan fingerprint density at radius 2 is 1.89 bits per heavy atom. The van der Waals surface area contributed by atoms with E-state index in [9.17, 15) is 4.79 Å². The molecule has 6 heteroatoms. The van der Waals surface area contributed by atoms with E-state index in [1.54, 1.807) is 13.3 Å². The molecule has 28 heavy (non-hydrogen) atoms. The van der Waals surface area contributed by atoms with E-state index >= 15 is 0 Å². The first-order valence-electron chi connectivity index (χ1n) is 9.16. The predicted octanol–water partition coefficient (Wildman–Crippen LogP) is 4.69. The van der Waals surface area contributed by atoms with E-state index < -0.39 is 0 Å². The van der Waals surface area contributed by atoms with Crippen molar-refractivity contribution in [2.45, 2.75) is 39.5 Å². The second kappa shape index (κ2) is 9.91. The molecular formula is C22H27IN2O3. The van der Waals surface area contributed by atoms with Crippen LogP contribution >= 0.6 is 22.6 Å². The highest BCUT2D eigenvalue weighted by Gasteiger charge is 2.13. The molecule has 0 aliphatic rings. The standard InChI is InChI=1S/C22H27IN2O3/c1-6-28-21-18(23)11-16(12-19(21)27-5)14-24-25-20(26)13-15-7-9-17(10-8-15)22(2,3)4/h7-12,14H,6,13H2,1-5H3,(H,25,26)/b24-14-. The lowest BCUT2D eigenvalue weighted by molar-refractivity contribution is -0.120. The Morgan fingerprint density at radius 1 is 1.21 bits per heavy atom. The van der Waals surface area contributed by atoms with Crippen molar-refractivity contribution >= 4 is 34.7 Å². The van der Waals surface area contributed by atoms with Gasteiger partial charge < -0.3 is 9.47 Å².